The Balaban J connectivity index is 2.64. The van der Waals surface area contributed by atoms with Gasteiger partial charge in [-0.1, -0.05) is 6.07 Å². The van der Waals surface area contributed by atoms with Crippen molar-refractivity contribution in [2.75, 3.05) is 6.61 Å². The highest BCUT2D eigenvalue weighted by Crippen LogP contribution is 2.53. The predicted octanol–water partition coefficient (Wildman–Crippen LogP) is 2.96. The molecule has 0 aliphatic carbocycles. The minimum Gasteiger partial charge on any atom is -0.414 e. The second-order valence-corrected chi connectivity index (χ2v) is 6.79. The van der Waals surface area contributed by atoms with Crippen molar-refractivity contribution in [3.8, 4) is 5.88 Å². The van der Waals surface area contributed by atoms with E-state index < -0.39 is 5.84 Å². The molecule has 0 saturated carbocycles. The lowest BCUT2D eigenvalue weighted by atomic mass is 10.5. The summed E-state index contributed by atoms with van der Waals surface area (Å²) < 4.78 is 10.3. The Morgan fingerprint density at radius 2 is 2.38 bits per heavy atom. The fourth-order valence-corrected chi connectivity index (χ4v) is 2.44. The molecule has 0 amide bonds. The molecule has 0 N–H and O–H groups in total. The van der Waals surface area contributed by atoms with E-state index in [1.807, 2.05) is 6.92 Å². The number of hydrogen-bond acceptors (Lipinski definition) is 4. The summed E-state index contributed by atoms with van der Waals surface area (Å²) in [6.45, 7) is 2.25. The van der Waals surface area contributed by atoms with Crippen LogP contribution < -0.4 is 4.52 Å². The lowest BCUT2D eigenvalue weighted by Gasteiger charge is -2.13. The first-order valence-corrected chi connectivity index (χ1v) is 7.23. The molecule has 0 aliphatic heterocycles. The van der Waals surface area contributed by atoms with Gasteiger partial charge in [-0.3, -0.25) is 0 Å². The van der Waals surface area contributed by atoms with Gasteiger partial charge in [0.2, 0.25) is 5.88 Å². The Bertz CT molecular complexity index is 309. The van der Waals surface area contributed by atoms with Crippen LogP contribution in [0.2, 0.25) is 0 Å². The molecule has 0 fully saturated rings. The average molecular weight is 238 g/mol. The van der Waals surface area contributed by atoms with Crippen LogP contribution >= 0.6 is 17.1 Å². The zero-order chi connectivity index (χ0) is 9.73. The van der Waals surface area contributed by atoms with Gasteiger partial charge < -0.3 is 9.05 Å². The number of halogens is 1. The number of nitrogens with zero attached hydrogens (tertiary/aromatic N) is 1. The monoisotopic (exact) mass is 237 g/mol. The summed E-state index contributed by atoms with van der Waals surface area (Å²) in [5, 5.41) is 0. The van der Waals surface area contributed by atoms with Gasteiger partial charge in [-0.25, -0.2) is 4.98 Å². The zero-order valence-corrected chi connectivity index (χ0v) is 9.48. The van der Waals surface area contributed by atoms with Crippen LogP contribution in [0.25, 0.3) is 0 Å². The van der Waals surface area contributed by atoms with Gasteiger partial charge in [0, 0.05) is 12.3 Å². The van der Waals surface area contributed by atoms with Crippen LogP contribution in [0.3, 0.4) is 0 Å². The smallest absolute Gasteiger partial charge is 0.334 e. The molecule has 0 bridgehead atoms. The molecule has 0 spiro atoms. The third kappa shape index (κ3) is 4.05. The van der Waals surface area contributed by atoms with Gasteiger partial charge in [0.25, 0.3) is 0 Å². The highest BCUT2D eigenvalue weighted by atomic mass is 35.7. The molecule has 0 aromatic carbocycles. The van der Waals surface area contributed by atoms with Crippen molar-refractivity contribution in [2.24, 2.45) is 0 Å². The first-order chi connectivity index (χ1) is 6.14. The van der Waals surface area contributed by atoms with Crippen molar-refractivity contribution >= 4 is 28.9 Å². The molecule has 1 rings (SSSR count). The summed E-state index contributed by atoms with van der Waals surface area (Å²) in [6.07, 6.45) is 1.60. The molecule has 1 unspecified atom stereocenters. The van der Waals surface area contributed by atoms with Crippen molar-refractivity contribution in [3.05, 3.63) is 24.4 Å². The summed E-state index contributed by atoms with van der Waals surface area (Å²) in [5.74, 6) is -2.27. The fraction of sp³-hybridized carbons (Fsp3) is 0.286. The molecule has 6 heteroatoms. The van der Waals surface area contributed by atoms with Crippen LogP contribution in [0.1, 0.15) is 6.92 Å². The molecule has 72 valence electrons. The first kappa shape index (κ1) is 10.9. The van der Waals surface area contributed by atoms with Crippen LogP contribution in [0.4, 0.5) is 0 Å². The lowest BCUT2D eigenvalue weighted by molar-refractivity contribution is 0.341. The van der Waals surface area contributed by atoms with E-state index in [9.17, 15) is 0 Å². The van der Waals surface area contributed by atoms with Gasteiger partial charge in [-0.15, -0.1) is 0 Å². The van der Waals surface area contributed by atoms with Crippen LogP contribution in [0.15, 0.2) is 24.4 Å². The van der Waals surface area contributed by atoms with Crippen LogP contribution in [-0.2, 0) is 16.3 Å². The molecule has 1 aromatic rings. The molecule has 1 heterocycles. The molecule has 0 radical (unpaired) electrons. The summed E-state index contributed by atoms with van der Waals surface area (Å²) in [7, 11) is 0. The van der Waals surface area contributed by atoms with Gasteiger partial charge in [0.05, 0.1) is 6.61 Å². The summed E-state index contributed by atoms with van der Waals surface area (Å²) in [6, 6.07) is 5.26. The van der Waals surface area contributed by atoms with E-state index in [2.05, 4.69) is 4.98 Å². The molecule has 0 saturated heterocycles. The number of rotatable bonds is 4. The second-order valence-electron chi connectivity index (χ2n) is 2.11. The zero-order valence-electron chi connectivity index (χ0n) is 7.01. The fourth-order valence-electron chi connectivity index (χ4n) is 0.693. The summed E-state index contributed by atoms with van der Waals surface area (Å²) in [5.41, 5.74) is 0. The molecule has 1 aromatic heterocycles. The van der Waals surface area contributed by atoms with Crippen molar-refractivity contribution < 1.29 is 9.05 Å². The molecule has 13 heavy (non-hydrogen) atoms. The topological polar surface area (TPSA) is 31.4 Å². The maximum Gasteiger partial charge on any atom is 0.334 e. The van der Waals surface area contributed by atoms with Crippen LogP contribution in [0, 0.1) is 0 Å². The van der Waals surface area contributed by atoms with E-state index >= 15 is 0 Å². The Labute approximate surface area is 87.0 Å². The first-order valence-electron chi connectivity index (χ1n) is 3.69. The van der Waals surface area contributed by atoms with Crippen molar-refractivity contribution in [3.63, 3.8) is 0 Å². The number of aromatic nitrogens is 1. The molecule has 0 aliphatic rings. The minimum absolute atomic E-state index is 0.397. The quantitative estimate of drug-likeness (QED) is 0.754. The SMILES string of the molecule is CCOP(=S)(Cl)Oc1ccccn1. The molecular formula is C7H9ClNO2PS. The van der Waals surface area contributed by atoms with Gasteiger partial charge in [-0.05, 0) is 36.0 Å². The number of pyridine rings is 1. The average Bonchev–Trinajstić information content (AvgIpc) is 2.04. The van der Waals surface area contributed by atoms with Crippen molar-refractivity contribution in [1.82, 2.24) is 4.98 Å². The van der Waals surface area contributed by atoms with Gasteiger partial charge in [-0.2, -0.15) is 0 Å². The third-order valence-corrected chi connectivity index (χ3v) is 3.13. The second kappa shape index (κ2) is 4.91. The Morgan fingerprint density at radius 3 is 2.92 bits per heavy atom. The van der Waals surface area contributed by atoms with Gasteiger partial charge >= 0.3 is 5.84 Å². The normalized spacial score (nSPS) is 14.9. The third-order valence-electron chi connectivity index (χ3n) is 1.12. The van der Waals surface area contributed by atoms with E-state index in [0.29, 0.717) is 12.5 Å². The predicted molar refractivity (Wildman–Crippen MR) is 56.6 cm³/mol. The van der Waals surface area contributed by atoms with Crippen molar-refractivity contribution in [2.45, 2.75) is 6.92 Å². The standard InChI is InChI=1S/C7H9ClNO2PS/c1-2-10-12(8,13)11-7-5-3-4-6-9-7/h3-6H,2H2,1H3. The summed E-state index contributed by atoms with van der Waals surface area (Å²) >= 11 is 10.7. The largest absolute Gasteiger partial charge is 0.414 e. The van der Waals surface area contributed by atoms with E-state index in [1.54, 1.807) is 24.4 Å². The maximum absolute atomic E-state index is 5.81. The van der Waals surface area contributed by atoms with Crippen LogP contribution in [-0.4, -0.2) is 11.6 Å². The van der Waals surface area contributed by atoms with Crippen LogP contribution in [0.5, 0.6) is 5.88 Å². The lowest BCUT2D eigenvalue weighted by Crippen LogP contribution is -1.93. The van der Waals surface area contributed by atoms with E-state index in [-0.39, 0.29) is 0 Å². The maximum atomic E-state index is 5.81. The highest BCUT2D eigenvalue weighted by molar-refractivity contribution is 8.22. The van der Waals surface area contributed by atoms with E-state index in [0.717, 1.165) is 0 Å². The molecule has 3 nitrogen and oxygen atoms in total. The Kier molecular flexibility index (Phi) is 4.13. The van der Waals surface area contributed by atoms with E-state index in [1.165, 1.54) is 0 Å². The Morgan fingerprint density at radius 1 is 1.62 bits per heavy atom. The Hall–Kier alpha value is -0.150. The molecule has 1 atom stereocenters. The minimum atomic E-state index is -2.67. The van der Waals surface area contributed by atoms with Gasteiger partial charge in [0.1, 0.15) is 0 Å². The molecular weight excluding hydrogens is 229 g/mol. The highest BCUT2D eigenvalue weighted by Gasteiger charge is 2.15. The van der Waals surface area contributed by atoms with Gasteiger partial charge in [0.15, 0.2) is 0 Å². The number of hydrogen-bond donors (Lipinski definition) is 0. The summed E-state index contributed by atoms with van der Waals surface area (Å²) in [4.78, 5) is 3.92. The van der Waals surface area contributed by atoms with Crippen molar-refractivity contribution in [1.29, 1.82) is 0 Å². The van der Waals surface area contributed by atoms with E-state index in [4.69, 9.17) is 32.1 Å².